The largest absolute Gasteiger partial charge is 0.490 e. The average molecular weight is 1100 g/mol. The Kier molecular flexibility index (Phi) is 22.6. The van der Waals surface area contributed by atoms with Crippen molar-refractivity contribution < 1.29 is 48.2 Å². The van der Waals surface area contributed by atoms with E-state index < -0.39 is 29.6 Å². The monoisotopic (exact) mass is 1100 g/mol. The summed E-state index contributed by atoms with van der Waals surface area (Å²) in [6.07, 6.45) is 10.2. The Labute approximate surface area is 410 Å². The van der Waals surface area contributed by atoms with Gasteiger partial charge in [-0.2, -0.15) is 0 Å². The third-order valence-electron chi connectivity index (χ3n) is 10.4. The summed E-state index contributed by atoms with van der Waals surface area (Å²) in [6.45, 7) is 15.7. The molecule has 0 saturated carbocycles. The molecule has 0 spiro atoms. The second kappa shape index (κ2) is 27.3. The Balaban J connectivity index is 0.000000238. The Bertz CT molecular complexity index is 2130. The number of hydrogen-bond donors (Lipinski definition) is 2. The summed E-state index contributed by atoms with van der Waals surface area (Å²) in [5, 5.41) is 17.3. The molecule has 2 aliphatic heterocycles. The van der Waals surface area contributed by atoms with Crippen molar-refractivity contribution in [1.29, 1.82) is 0 Å². The molecule has 368 valence electrons. The van der Waals surface area contributed by atoms with Crippen LogP contribution in [0.2, 0.25) is 14.8 Å². The predicted octanol–water partition coefficient (Wildman–Crippen LogP) is 8.70. The van der Waals surface area contributed by atoms with Crippen molar-refractivity contribution in [1.82, 2.24) is 19.8 Å². The van der Waals surface area contributed by atoms with Gasteiger partial charge < -0.3 is 34.1 Å². The summed E-state index contributed by atoms with van der Waals surface area (Å²) in [7, 11) is 0. The number of carbonyl (C=O) groups is 2. The van der Waals surface area contributed by atoms with Crippen LogP contribution >= 0.6 is 15.9 Å². The zero-order chi connectivity index (χ0) is 49.0. The maximum absolute atomic E-state index is 12.3. The summed E-state index contributed by atoms with van der Waals surface area (Å²) >= 11 is 1.27. The second-order valence-electron chi connectivity index (χ2n) is 19.4. The topological polar surface area (TPSA) is 162 Å². The van der Waals surface area contributed by atoms with E-state index in [0.717, 1.165) is 59.1 Å². The number of pyridine rings is 2. The standard InChI is InChI=1S/C24H32N2O5.C14H19N2O3.C10H13BrO2.3CH3.Sn/c1-24(2,3)31-23(28)26-9-7-21(26)17-30-22-14-20(15-25-16-22)19-6-4-5-18(13-19)8-11-29-12-10-27;1-14(2,3)19-13(17)16-8-6-11(16)10-18-12-5-4-7-15-9-12;11-10-3-1-2-9(8-10)4-6-13-7-5-12;;;;/h4-6,13-16,21,27H,7-12,17H2,1-3H3;5,7,9,11H,6,8,10H2,1-3H3;1-3,8,12H,4-7H2;3*1H3;/t21-;11-;;;;;/m00...../s1. The average Bonchev–Trinajstić information content (AvgIpc) is 3.22. The van der Waals surface area contributed by atoms with Gasteiger partial charge >= 0.3 is 149 Å². The molecule has 2 aliphatic rings. The number of ether oxygens (including phenoxy) is 6. The van der Waals surface area contributed by atoms with E-state index in [2.05, 4.69) is 71.0 Å². The van der Waals surface area contributed by atoms with Gasteiger partial charge in [0.1, 0.15) is 18.0 Å². The van der Waals surface area contributed by atoms with E-state index >= 15 is 0 Å². The maximum atomic E-state index is 12.3. The van der Waals surface area contributed by atoms with E-state index in [-0.39, 0.29) is 37.5 Å². The molecule has 67 heavy (non-hydrogen) atoms. The van der Waals surface area contributed by atoms with Crippen LogP contribution in [0, 0.1) is 0 Å². The number of amides is 2. The quantitative estimate of drug-likeness (QED) is 0.0722. The number of aromatic nitrogens is 2. The molecule has 2 aromatic heterocycles. The van der Waals surface area contributed by atoms with Crippen LogP contribution < -0.4 is 13.1 Å². The first kappa shape index (κ1) is 55.6. The SMILES string of the molecule is CC(C)(C)OC(=O)N1CC[C@H]1COc1cnc[c]([Sn]([CH3])([CH3])[CH3])c1.CC(C)(C)OC(=O)N1CC[C@H]1COc1cncc(-c2cccc(CCOCCO)c2)c1.OCCOCCc1cccc(Br)c1. The van der Waals surface area contributed by atoms with Gasteiger partial charge in [-0.1, -0.05) is 52.3 Å². The first-order valence-corrected chi connectivity index (χ1v) is 33.9. The van der Waals surface area contributed by atoms with Crippen molar-refractivity contribution in [3.8, 4) is 22.6 Å². The predicted molar refractivity (Wildman–Crippen MR) is 268 cm³/mol. The molecule has 4 heterocycles. The van der Waals surface area contributed by atoms with E-state index in [1.807, 2.05) is 84.3 Å². The number of nitrogens with zero attached hydrogens (tertiary/aromatic N) is 4. The minimum absolute atomic E-state index is 0.0146. The van der Waals surface area contributed by atoms with E-state index in [1.165, 1.54) is 9.14 Å². The molecule has 4 aromatic rings. The first-order chi connectivity index (χ1) is 31.7. The number of aliphatic hydroxyl groups excluding tert-OH is 2. The Hall–Kier alpha value is -4.00. The summed E-state index contributed by atoms with van der Waals surface area (Å²) < 4.78 is 35.6. The number of aliphatic hydroxyl groups is 2. The van der Waals surface area contributed by atoms with Gasteiger partial charge in [0.25, 0.3) is 0 Å². The number of rotatable bonds is 18. The maximum Gasteiger partial charge on any atom is 0.410 e. The second-order valence-corrected chi connectivity index (χ2v) is 34.8. The molecule has 2 N–H and O–H groups in total. The van der Waals surface area contributed by atoms with Gasteiger partial charge in [-0.25, -0.2) is 4.79 Å². The van der Waals surface area contributed by atoms with Crippen molar-refractivity contribution in [3.05, 3.63) is 101 Å². The summed E-state index contributed by atoms with van der Waals surface area (Å²) in [4.78, 5) is 43.5. The third kappa shape index (κ3) is 20.6. The number of likely N-dealkylation sites (tertiary alicyclic amines) is 2. The number of benzene rings is 2. The minimum atomic E-state index is -2.13. The van der Waals surface area contributed by atoms with Crippen molar-refractivity contribution in [3.63, 3.8) is 0 Å². The zero-order valence-electron chi connectivity index (χ0n) is 41.0. The Morgan fingerprint density at radius 1 is 0.657 bits per heavy atom. The smallest absolute Gasteiger partial charge is 0.410 e. The third-order valence-corrected chi connectivity index (χ3v) is 16.6. The van der Waals surface area contributed by atoms with Crippen molar-refractivity contribution in [2.45, 2.75) is 105 Å². The normalized spacial score (nSPS) is 15.7. The number of hydrogen-bond acceptors (Lipinski definition) is 12. The molecule has 2 amide bonds. The fourth-order valence-corrected chi connectivity index (χ4v) is 10.0. The Morgan fingerprint density at radius 2 is 1.15 bits per heavy atom. The Morgan fingerprint density at radius 3 is 1.61 bits per heavy atom. The van der Waals surface area contributed by atoms with Gasteiger partial charge in [0.2, 0.25) is 0 Å². The van der Waals surface area contributed by atoms with Crippen LogP contribution in [0.1, 0.15) is 65.5 Å². The molecule has 2 fully saturated rings. The molecular formula is C51H73BrN4O10Sn. The molecule has 2 aromatic carbocycles. The summed E-state index contributed by atoms with van der Waals surface area (Å²) in [5.74, 6) is 1.47. The van der Waals surface area contributed by atoms with Gasteiger partial charge in [0.05, 0.1) is 51.9 Å². The van der Waals surface area contributed by atoms with Crippen LogP contribution in [-0.4, -0.2) is 150 Å². The zero-order valence-corrected chi connectivity index (χ0v) is 45.4. The molecule has 0 aliphatic carbocycles. The molecule has 6 rings (SSSR count). The fraction of sp³-hybridized carbons (Fsp3) is 0.529. The van der Waals surface area contributed by atoms with Crippen molar-refractivity contribution in [2.75, 3.05) is 65.9 Å². The van der Waals surface area contributed by atoms with Crippen molar-refractivity contribution in [2.24, 2.45) is 0 Å². The van der Waals surface area contributed by atoms with Gasteiger partial charge in [-0.05, 0) is 74.9 Å². The summed E-state index contributed by atoms with van der Waals surface area (Å²) in [5.41, 5.74) is 3.45. The van der Waals surface area contributed by atoms with Crippen LogP contribution in [0.5, 0.6) is 11.5 Å². The van der Waals surface area contributed by atoms with Gasteiger partial charge in [0.15, 0.2) is 0 Å². The van der Waals surface area contributed by atoms with Gasteiger partial charge in [-0.3, -0.25) is 4.98 Å². The molecule has 14 nitrogen and oxygen atoms in total. The van der Waals surface area contributed by atoms with Gasteiger partial charge in [-0.15, -0.1) is 0 Å². The summed E-state index contributed by atoms with van der Waals surface area (Å²) in [6, 6.07) is 20.5. The van der Waals surface area contributed by atoms with E-state index in [9.17, 15) is 9.59 Å². The van der Waals surface area contributed by atoms with E-state index in [0.29, 0.717) is 51.9 Å². The van der Waals surface area contributed by atoms with Crippen LogP contribution in [0.25, 0.3) is 11.1 Å². The molecule has 16 heteroatoms. The van der Waals surface area contributed by atoms with Crippen LogP contribution in [0.4, 0.5) is 9.59 Å². The molecular weight excluding hydrogens is 1030 g/mol. The molecule has 0 unspecified atom stereocenters. The van der Waals surface area contributed by atoms with Crippen LogP contribution in [0.3, 0.4) is 0 Å². The van der Waals surface area contributed by atoms with Gasteiger partial charge in [0, 0.05) is 22.8 Å². The number of halogens is 1. The molecule has 0 bridgehead atoms. The van der Waals surface area contributed by atoms with Crippen LogP contribution in [-0.2, 0) is 31.8 Å². The molecule has 2 saturated heterocycles. The van der Waals surface area contributed by atoms with E-state index in [4.69, 9.17) is 38.6 Å². The first-order valence-electron chi connectivity index (χ1n) is 23.1. The minimum Gasteiger partial charge on any atom is -0.490 e. The number of carbonyl (C=O) groups excluding carboxylic acids is 2. The van der Waals surface area contributed by atoms with E-state index in [1.54, 1.807) is 22.2 Å². The van der Waals surface area contributed by atoms with Crippen molar-refractivity contribution >= 4 is 50.1 Å². The molecule has 2 atom stereocenters. The van der Waals surface area contributed by atoms with Crippen LogP contribution in [0.15, 0.2) is 89.9 Å². The fourth-order valence-electron chi connectivity index (χ4n) is 6.61. The molecule has 0 radical (unpaired) electrons.